The molecule has 0 saturated carbocycles. The monoisotopic (exact) mass is 504 g/mol. The molecule has 0 spiro atoms. The van der Waals surface area contributed by atoms with Gasteiger partial charge in [0.05, 0.1) is 16.8 Å². The molecule has 7 rings (SSSR count). The van der Waals surface area contributed by atoms with Crippen LogP contribution in [0.25, 0.3) is 10.8 Å². The van der Waals surface area contributed by atoms with Crippen molar-refractivity contribution in [2.24, 2.45) is 7.05 Å². The fraction of sp³-hybridized carbons (Fsp3) is 0.0833. The van der Waals surface area contributed by atoms with Gasteiger partial charge in [-0.15, -0.1) is 0 Å². The van der Waals surface area contributed by atoms with Crippen LogP contribution in [0, 0.1) is 6.92 Å². The van der Waals surface area contributed by atoms with E-state index in [1.807, 2.05) is 19.3 Å². The van der Waals surface area contributed by atoms with E-state index in [-0.39, 0.29) is 5.56 Å². The summed E-state index contributed by atoms with van der Waals surface area (Å²) in [5.74, 6) is 0. The Bertz CT molecular complexity index is 1820. The van der Waals surface area contributed by atoms with Gasteiger partial charge in [0, 0.05) is 24.3 Å². The van der Waals surface area contributed by atoms with Crippen LogP contribution in [0.15, 0.2) is 138 Å². The third-order valence-corrected chi connectivity index (χ3v) is 8.14. The fourth-order valence-corrected chi connectivity index (χ4v) is 6.48. The molecule has 39 heavy (non-hydrogen) atoms. The van der Waals surface area contributed by atoms with Crippen LogP contribution in [0.1, 0.15) is 27.8 Å². The zero-order chi connectivity index (χ0) is 26.6. The summed E-state index contributed by atoms with van der Waals surface area (Å²) in [6, 6.07) is 45.3. The number of anilines is 3. The van der Waals surface area contributed by atoms with Crippen molar-refractivity contribution < 1.29 is 0 Å². The largest absolute Gasteiger partial charge is 0.318 e. The predicted molar refractivity (Wildman–Crippen MR) is 160 cm³/mol. The van der Waals surface area contributed by atoms with Crippen molar-refractivity contribution in [2.75, 3.05) is 4.90 Å². The minimum Gasteiger partial charge on any atom is -0.318 e. The summed E-state index contributed by atoms with van der Waals surface area (Å²) in [6.45, 7) is 2.07. The van der Waals surface area contributed by atoms with Crippen molar-refractivity contribution in [2.45, 2.75) is 12.3 Å². The van der Waals surface area contributed by atoms with Gasteiger partial charge in [-0.25, -0.2) is 0 Å². The molecule has 0 saturated heterocycles. The van der Waals surface area contributed by atoms with E-state index < -0.39 is 5.41 Å². The lowest BCUT2D eigenvalue weighted by molar-refractivity contribution is 0.731. The van der Waals surface area contributed by atoms with E-state index in [1.165, 1.54) is 22.3 Å². The summed E-state index contributed by atoms with van der Waals surface area (Å²) in [5.41, 5.74) is 8.81. The number of rotatable bonds is 3. The number of nitrogens with zero attached hydrogens (tertiary/aromatic N) is 2. The van der Waals surface area contributed by atoms with Gasteiger partial charge in [-0.2, -0.15) is 0 Å². The minimum absolute atomic E-state index is 0.0220. The van der Waals surface area contributed by atoms with Crippen LogP contribution < -0.4 is 10.5 Å². The first-order valence-electron chi connectivity index (χ1n) is 13.3. The normalized spacial score (nSPS) is 13.6. The van der Waals surface area contributed by atoms with E-state index in [1.54, 1.807) is 4.57 Å². The van der Waals surface area contributed by atoms with Gasteiger partial charge in [0.15, 0.2) is 0 Å². The standard InChI is InChI=1S/C36H28N2O/c1-25-24-37(2)35(39)29-22-21-28(23-30(25)29)38-33-19-11-9-17-31(33)36(26-13-5-3-6-14-26,27-15-7-4-8-16-27)32-18-10-12-20-34(32)38/h3-24H,1-2H3. The van der Waals surface area contributed by atoms with Crippen LogP contribution in [0.4, 0.5) is 17.1 Å². The third-order valence-electron chi connectivity index (χ3n) is 8.14. The number of para-hydroxylation sites is 2. The zero-order valence-electron chi connectivity index (χ0n) is 22.0. The Kier molecular flexibility index (Phi) is 5.27. The molecule has 0 atom stereocenters. The van der Waals surface area contributed by atoms with Crippen LogP contribution in [0.5, 0.6) is 0 Å². The smallest absolute Gasteiger partial charge is 0.258 e. The van der Waals surface area contributed by atoms with Crippen molar-refractivity contribution >= 4 is 27.8 Å². The maximum Gasteiger partial charge on any atom is 0.258 e. The van der Waals surface area contributed by atoms with Crippen LogP contribution in [0.2, 0.25) is 0 Å². The van der Waals surface area contributed by atoms with E-state index in [4.69, 9.17) is 0 Å². The SMILES string of the molecule is Cc1cn(C)c(=O)c2ccc(N3c4ccccc4C(c4ccccc4)(c4ccccc4)c4ccccc43)cc12. The van der Waals surface area contributed by atoms with E-state index in [0.717, 1.165) is 33.4 Å². The van der Waals surface area contributed by atoms with Gasteiger partial charge in [-0.1, -0.05) is 97.1 Å². The molecule has 1 aromatic heterocycles. The summed E-state index contributed by atoms with van der Waals surface area (Å²) in [6.07, 6.45) is 1.92. The molecule has 188 valence electrons. The van der Waals surface area contributed by atoms with E-state index >= 15 is 0 Å². The molecule has 0 fully saturated rings. The molecule has 0 N–H and O–H groups in total. The minimum atomic E-state index is -0.491. The lowest BCUT2D eigenvalue weighted by Crippen LogP contribution is -2.37. The second-order valence-electron chi connectivity index (χ2n) is 10.3. The van der Waals surface area contributed by atoms with Crippen molar-refractivity contribution in [1.29, 1.82) is 0 Å². The average molecular weight is 505 g/mol. The molecule has 0 aliphatic carbocycles. The first kappa shape index (κ1) is 23.2. The molecule has 0 amide bonds. The average Bonchev–Trinajstić information content (AvgIpc) is 2.99. The Labute approximate surface area is 228 Å². The van der Waals surface area contributed by atoms with Crippen LogP contribution in [-0.4, -0.2) is 4.57 Å². The Morgan fingerprint density at radius 1 is 0.590 bits per heavy atom. The summed E-state index contributed by atoms with van der Waals surface area (Å²) in [4.78, 5) is 15.3. The molecule has 1 aliphatic rings. The van der Waals surface area contributed by atoms with Gasteiger partial charge >= 0.3 is 0 Å². The van der Waals surface area contributed by atoms with Crippen LogP contribution in [0.3, 0.4) is 0 Å². The predicted octanol–water partition coefficient (Wildman–Crippen LogP) is 8.01. The number of hydrogen-bond donors (Lipinski definition) is 0. The maximum absolute atomic E-state index is 12.9. The lowest BCUT2D eigenvalue weighted by atomic mass is 9.62. The fourth-order valence-electron chi connectivity index (χ4n) is 6.48. The highest BCUT2D eigenvalue weighted by atomic mass is 16.1. The number of pyridine rings is 1. The Balaban J connectivity index is 1.59. The van der Waals surface area contributed by atoms with Crippen LogP contribution >= 0.6 is 0 Å². The van der Waals surface area contributed by atoms with Crippen LogP contribution in [-0.2, 0) is 12.5 Å². The van der Waals surface area contributed by atoms with Gasteiger partial charge in [0.2, 0.25) is 0 Å². The lowest BCUT2D eigenvalue weighted by Gasteiger charge is -2.46. The summed E-state index contributed by atoms with van der Waals surface area (Å²) in [7, 11) is 1.81. The van der Waals surface area contributed by atoms with Gasteiger partial charge in [0.1, 0.15) is 0 Å². The number of hydrogen-bond acceptors (Lipinski definition) is 2. The third kappa shape index (κ3) is 3.33. The first-order chi connectivity index (χ1) is 19.1. The molecular weight excluding hydrogens is 476 g/mol. The van der Waals surface area contributed by atoms with Gasteiger partial charge in [-0.05, 0) is 70.5 Å². The molecule has 5 aromatic carbocycles. The second-order valence-corrected chi connectivity index (χ2v) is 10.3. The summed E-state index contributed by atoms with van der Waals surface area (Å²) in [5, 5.41) is 1.72. The number of aromatic nitrogens is 1. The highest BCUT2D eigenvalue weighted by molar-refractivity contribution is 5.94. The highest BCUT2D eigenvalue weighted by Gasteiger charge is 2.46. The molecule has 1 aliphatic heterocycles. The molecule has 6 aromatic rings. The van der Waals surface area contributed by atoms with Crippen molar-refractivity contribution in [3.05, 3.63) is 172 Å². The van der Waals surface area contributed by atoms with E-state index in [0.29, 0.717) is 0 Å². The number of benzene rings is 5. The summed E-state index contributed by atoms with van der Waals surface area (Å²) >= 11 is 0. The molecule has 3 heteroatoms. The number of fused-ring (bicyclic) bond motifs is 3. The van der Waals surface area contributed by atoms with Crippen molar-refractivity contribution in [3.8, 4) is 0 Å². The Hall–Kier alpha value is -4.89. The quantitative estimate of drug-likeness (QED) is 0.243. The molecule has 3 nitrogen and oxygen atoms in total. The van der Waals surface area contributed by atoms with Gasteiger partial charge in [0.25, 0.3) is 5.56 Å². The topological polar surface area (TPSA) is 25.2 Å². The van der Waals surface area contributed by atoms with Gasteiger partial charge in [-0.3, -0.25) is 4.79 Å². The molecule has 0 bridgehead atoms. The first-order valence-corrected chi connectivity index (χ1v) is 13.3. The van der Waals surface area contributed by atoms with E-state index in [2.05, 4.69) is 133 Å². The molecule has 0 unspecified atom stereocenters. The Morgan fingerprint density at radius 3 is 1.67 bits per heavy atom. The van der Waals surface area contributed by atoms with Crippen molar-refractivity contribution in [1.82, 2.24) is 4.57 Å². The second kappa shape index (κ2) is 8.85. The molecule has 2 heterocycles. The molecule has 0 radical (unpaired) electrons. The van der Waals surface area contributed by atoms with Crippen molar-refractivity contribution in [3.63, 3.8) is 0 Å². The van der Waals surface area contributed by atoms with Gasteiger partial charge < -0.3 is 9.47 Å². The highest BCUT2D eigenvalue weighted by Crippen LogP contribution is 2.57. The summed E-state index contributed by atoms with van der Waals surface area (Å²) < 4.78 is 1.66. The maximum atomic E-state index is 12.9. The Morgan fingerprint density at radius 2 is 1.10 bits per heavy atom. The molecular formula is C36H28N2O. The zero-order valence-corrected chi connectivity index (χ0v) is 22.0. The van der Waals surface area contributed by atoms with E-state index in [9.17, 15) is 4.79 Å². The number of aryl methyl sites for hydroxylation is 2.